The van der Waals surface area contributed by atoms with Gasteiger partial charge in [-0.1, -0.05) is 19.1 Å². The Kier molecular flexibility index (Phi) is 4.85. The zero-order chi connectivity index (χ0) is 13.8. The monoisotopic (exact) mass is 270 g/mol. The minimum absolute atomic E-state index is 0.128. The Hall–Kier alpha value is -1.04. The first-order chi connectivity index (χ1) is 9.11. The highest BCUT2D eigenvalue weighted by Crippen LogP contribution is 2.16. The second-order valence-electron chi connectivity index (χ2n) is 4.88. The van der Waals surface area contributed by atoms with Crippen molar-refractivity contribution in [3.8, 4) is 0 Å². The molecule has 2 atom stereocenters. The second-order valence-corrected chi connectivity index (χ2v) is 4.88. The van der Waals surface area contributed by atoms with Crippen LogP contribution in [0.25, 0.3) is 0 Å². The Morgan fingerprint density at radius 3 is 3.00 bits per heavy atom. The van der Waals surface area contributed by atoms with Gasteiger partial charge in [0.15, 0.2) is 11.6 Å². The zero-order valence-corrected chi connectivity index (χ0v) is 11.1. The van der Waals surface area contributed by atoms with Crippen LogP contribution in [0, 0.1) is 11.6 Å². The Bertz CT molecular complexity index is 428. The average molecular weight is 270 g/mol. The van der Waals surface area contributed by atoms with E-state index in [4.69, 9.17) is 10.5 Å². The molecule has 0 saturated carbocycles. The summed E-state index contributed by atoms with van der Waals surface area (Å²) in [7, 11) is 0. The van der Waals surface area contributed by atoms with Gasteiger partial charge in [0.05, 0.1) is 12.7 Å². The molecular weight excluding hydrogens is 250 g/mol. The molecule has 0 spiro atoms. The highest BCUT2D eigenvalue weighted by atomic mass is 19.2. The van der Waals surface area contributed by atoms with E-state index in [1.54, 1.807) is 6.07 Å². The topological polar surface area (TPSA) is 38.5 Å². The standard InChI is InChI=1S/C14H20F2N2O/c1-2-18-6-7-19-13(9-18)12(17)8-10-4-3-5-11(15)14(10)16/h3-5,12-13H,2,6-9,17H2,1H3. The van der Waals surface area contributed by atoms with Crippen LogP contribution in [0.4, 0.5) is 8.78 Å². The van der Waals surface area contributed by atoms with Crippen molar-refractivity contribution in [3.63, 3.8) is 0 Å². The molecule has 3 nitrogen and oxygen atoms in total. The number of morpholine rings is 1. The van der Waals surface area contributed by atoms with E-state index in [-0.39, 0.29) is 18.6 Å². The molecule has 1 fully saturated rings. The van der Waals surface area contributed by atoms with E-state index in [0.29, 0.717) is 12.2 Å². The minimum Gasteiger partial charge on any atom is -0.374 e. The number of halogens is 2. The van der Waals surface area contributed by atoms with Gasteiger partial charge < -0.3 is 10.5 Å². The van der Waals surface area contributed by atoms with Crippen molar-refractivity contribution in [2.45, 2.75) is 25.5 Å². The first-order valence-corrected chi connectivity index (χ1v) is 6.64. The summed E-state index contributed by atoms with van der Waals surface area (Å²) in [6.07, 6.45) is 0.155. The Morgan fingerprint density at radius 2 is 2.26 bits per heavy atom. The summed E-state index contributed by atoms with van der Waals surface area (Å²) in [4.78, 5) is 2.25. The molecule has 0 radical (unpaired) electrons. The van der Waals surface area contributed by atoms with Crippen LogP contribution in [0.3, 0.4) is 0 Å². The van der Waals surface area contributed by atoms with E-state index in [9.17, 15) is 8.78 Å². The maximum Gasteiger partial charge on any atom is 0.162 e. The fourth-order valence-corrected chi connectivity index (χ4v) is 2.37. The molecule has 19 heavy (non-hydrogen) atoms. The molecule has 1 aromatic rings. The molecule has 0 bridgehead atoms. The van der Waals surface area contributed by atoms with Crippen molar-refractivity contribution in [3.05, 3.63) is 35.4 Å². The van der Waals surface area contributed by atoms with Crippen LogP contribution >= 0.6 is 0 Å². The van der Waals surface area contributed by atoms with Gasteiger partial charge in [-0.3, -0.25) is 4.90 Å². The third-order valence-corrected chi connectivity index (χ3v) is 3.59. The van der Waals surface area contributed by atoms with E-state index in [1.807, 2.05) is 0 Å². The highest BCUT2D eigenvalue weighted by Gasteiger charge is 2.26. The molecule has 5 heteroatoms. The van der Waals surface area contributed by atoms with Gasteiger partial charge in [-0.25, -0.2) is 8.78 Å². The Morgan fingerprint density at radius 1 is 1.47 bits per heavy atom. The molecular formula is C14H20F2N2O. The van der Waals surface area contributed by atoms with Crippen LogP contribution in [-0.4, -0.2) is 43.3 Å². The molecule has 0 aromatic heterocycles. The van der Waals surface area contributed by atoms with E-state index >= 15 is 0 Å². The van der Waals surface area contributed by atoms with Crippen LogP contribution in [0.15, 0.2) is 18.2 Å². The molecule has 1 aliphatic rings. The average Bonchev–Trinajstić information content (AvgIpc) is 2.44. The third-order valence-electron chi connectivity index (χ3n) is 3.59. The predicted octanol–water partition coefficient (Wildman–Crippen LogP) is 1.56. The summed E-state index contributed by atoms with van der Waals surface area (Å²) >= 11 is 0. The number of hydrogen-bond donors (Lipinski definition) is 1. The van der Waals surface area contributed by atoms with Crippen molar-refractivity contribution < 1.29 is 13.5 Å². The number of likely N-dealkylation sites (N-methyl/N-ethyl adjacent to an activating group) is 1. The number of nitrogens with zero attached hydrogens (tertiary/aromatic N) is 1. The lowest BCUT2D eigenvalue weighted by Gasteiger charge is -2.35. The Balaban J connectivity index is 2.00. The number of hydrogen-bond acceptors (Lipinski definition) is 3. The summed E-state index contributed by atoms with van der Waals surface area (Å²) in [6.45, 7) is 5.31. The van der Waals surface area contributed by atoms with Gasteiger partial charge in [-0.2, -0.15) is 0 Å². The largest absolute Gasteiger partial charge is 0.374 e. The maximum atomic E-state index is 13.6. The summed E-state index contributed by atoms with van der Waals surface area (Å²) in [5.74, 6) is -1.63. The lowest BCUT2D eigenvalue weighted by molar-refractivity contribution is -0.0386. The quantitative estimate of drug-likeness (QED) is 0.902. The summed E-state index contributed by atoms with van der Waals surface area (Å²) in [5.41, 5.74) is 6.39. The van der Waals surface area contributed by atoms with Gasteiger partial charge in [0.2, 0.25) is 0 Å². The smallest absolute Gasteiger partial charge is 0.162 e. The predicted molar refractivity (Wildman–Crippen MR) is 69.9 cm³/mol. The SMILES string of the molecule is CCN1CCOC(C(N)Cc2cccc(F)c2F)C1. The van der Waals surface area contributed by atoms with Crippen LogP contribution in [0.5, 0.6) is 0 Å². The number of nitrogens with two attached hydrogens (primary N) is 1. The molecule has 1 aliphatic heterocycles. The molecule has 106 valence electrons. The van der Waals surface area contributed by atoms with E-state index in [1.165, 1.54) is 6.07 Å². The second kappa shape index (κ2) is 6.41. The van der Waals surface area contributed by atoms with Gasteiger partial charge in [-0.05, 0) is 24.6 Å². The molecule has 2 N–H and O–H groups in total. The van der Waals surface area contributed by atoms with Crippen molar-refractivity contribution >= 4 is 0 Å². The van der Waals surface area contributed by atoms with Gasteiger partial charge in [0.1, 0.15) is 0 Å². The zero-order valence-electron chi connectivity index (χ0n) is 11.1. The molecule has 1 aromatic carbocycles. The first kappa shape index (κ1) is 14.4. The first-order valence-electron chi connectivity index (χ1n) is 6.64. The summed E-state index contributed by atoms with van der Waals surface area (Å²) in [6, 6.07) is 3.85. The van der Waals surface area contributed by atoms with Crippen molar-refractivity contribution in [1.29, 1.82) is 0 Å². The van der Waals surface area contributed by atoms with Crippen LogP contribution in [0.1, 0.15) is 12.5 Å². The van der Waals surface area contributed by atoms with Crippen molar-refractivity contribution in [1.82, 2.24) is 4.90 Å². The highest BCUT2D eigenvalue weighted by molar-refractivity contribution is 5.20. The third kappa shape index (κ3) is 3.49. The minimum atomic E-state index is -0.829. The van der Waals surface area contributed by atoms with Gasteiger partial charge in [0, 0.05) is 19.1 Å². The maximum absolute atomic E-state index is 13.6. The molecule has 0 aliphatic carbocycles. The molecule has 2 rings (SSSR count). The molecule has 2 unspecified atom stereocenters. The van der Waals surface area contributed by atoms with Crippen LogP contribution in [0.2, 0.25) is 0 Å². The number of ether oxygens (including phenoxy) is 1. The van der Waals surface area contributed by atoms with Crippen LogP contribution in [-0.2, 0) is 11.2 Å². The van der Waals surface area contributed by atoms with E-state index in [2.05, 4.69) is 11.8 Å². The fourth-order valence-electron chi connectivity index (χ4n) is 2.37. The normalized spacial score (nSPS) is 22.4. The number of rotatable bonds is 4. The Labute approximate surface area is 112 Å². The van der Waals surface area contributed by atoms with E-state index in [0.717, 1.165) is 25.7 Å². The lowest BCUT2D eigenvalue weighted by atomic mass is 10.0. The summed E-state index contributed by atoms with van der Waals surface area (Å²) in [5, 5.41) is 0. The lowest BCUT2D eigenvalue weighted by Crippen LogP contribution is -2.51. The molecule has 0 amide bonds. The van der Waals surface area contributed by atoms with Crippen LogP contribution < -0.4 is 5.73 Å². The molecule has 1 heterocycles. The van der Waals surface area contributed by atoms with Gasteiger partial charge in [-0.15, -0.1) is 0 Å². The fraction of sp³-hybridized carbons (Fsp3) is 0.571. The van der Waals surface area contributed by atoms with Crippen molar-refractivity contribution in [2.24, 2.45) is 5.73 Å². The van der Waals surface area contributed by atoms with Crippen molar-refractivity contribution in [2.75, 3.05) is 26.2 Å². The van der Waals surface area contributed by atoms with Gasteiger partial charge in [0.25, 0.3) is 0 Å². The summed E-state index contributed by atoms with van der Waals surface area (Å²) < 4.78 is 32.4. The molecule has 1 saturated heterocycles. The van der Waals surface area contributed by atoms with Gasteiger partial charge >= 0.3 is 0 Å². The number of benzene rings is 1. The van der Waals surface area contributed by atoms with E-state index < -0.39 is 11.6 Å².